The predicted octanol–water partition coefficient (Wildman–Crippen LogP) is 4.91. The molecular weight excluding hydrogens is 272 g/mol. The highest BCUT2D eigenvalue weighted by Gasteiger charge is 2.07. The minimum atomic E-state index is 0.680. The first-order chi connectivity index (χ1) is 10.6. The summed E-state index contributed by atoms with van der Waals surface area (Å²) in [7, 11) is 0. The van der Waals surface area contributed by atoms with E-state index in [1.807, 2.05) is 30.3 Å². The van der Waals surface area contributed by atoms with Gasteiger partial charge in [-0.25, -0.2) is 0 Å². The number of ether oxygens (including phenoxy) is 2. The Morgan fingerprint density at radius 1 is 0.818 bits per heavy atom. The molecule has 0 amide bonds. The molecule has 22 heavy (non-hydrogen) atoms. The Morgan fingerprint density at radius 3 is 2.27 bits per heavy atom. The minimum absolute atomic E-state index is 0.680. The first kappa shape index (κ1) is 16.6. The lowest BCUT2D eigenvalue weighted by atomic mass is 9.95. The van der Waals surface area contributed by atoms with Crippen LogP contribution in [0.3, 0.4) is 0 Å². The van der Waals surface area contributed by atoms with Crippen LogP contribution in [0.2, 0.25) is 0 Å². The minimum Gasteiger partial charge on any atom is -0.494 e. The molecule has 2 heteroatoms. The van der Waals surface area contributed by atoms with Gasteiger partial charge in [-0.15, -0.1) is 0 Å². The highest BCUT2D eigenvalue weighted by Crippen LogP contribution is 2.21. The van der Waals surface area contributed by atoms with Crippen molar-refractivity contribution in [2.24, 2.45) is 0 Å². The highest BCUT2D eigenvalue weighted by atomic mass is 16.5. The van der Waals surface area contributed by atoms with Crippen molar-refractivity contribution in [2.45, 2.75) is 40.7 Å². The first-order valence-electron chi connectivity index (χ1n) is 7.91. The quantitative estimate of drug-likeness (QED) is 0.676. The molecule has 0 aromatic heterocycles. The summed E-state index contributed by atoms with van der Waals surface area (Å²) >= 11 is 0. The Balaban J connectivity index is 1.73. The fraction of sp³-hybridized carbons (Fsp3) is 0.400. The van der Waals surface area contributed by atoms with Crippen LogP contribution in [0.15, 0.2) is 36.4 Å². The lowest BCUT2D eigenvalue weighted by molar-refractivity contribution is 0.107. The zero-order valence-electron chi connectivity index (χ0n) is 14.1. The normalized spacial score (nSPS) is 10.7. The van der Waals surface area contributed by atoms with Crippen molar-refractivity contribution in [3.05, 3.63) is 64.2 Å². The van der Waals surface area contributed by atoms with Crippen molar-refractivity contribution >= 4 is 0 Å². The molecular formula is C20H26O2. The second-order valence-corrected chi connectivity index (χ2v) is 5.80. The van der Waals surface area contributed by atoms with Crippen LogP contribution in [-0.4, -0.2) is 13.2 Å². The molecule has 0 saturated carbocycles. The summed E-state index contributed by atoms with van der Waals surface area (Å²) in [5, 5.41) is 0. The Labute approximate surface area is 134 Å². The van der Waals surface area contributed by atoms with E-state index in [9.17, 15) is 0 Å². The van der Waals surface area contributed by atoms with Gasteiger partial charge in [0.15, 0.2) is 0 Å². The van der Waals surface area contributed by atoms with Gasteiger partial charge in [0.25, 0.3) is 0 Å². The molecule has 2 aromatic rings. The SMILES string of the molecule is Cc1cc(COCCCOc2ccccc2)c(C)c(C)c1C. The van der Waals surface area contributed by atoms with E-state index >= 15 is 0 Å². The molecule has 0 radical (unpaired) electrons. The van der Waals surface area contributed by atoms with Crippen LogP contribution in [0, 0.1) is 27.7 Å². The highest BCUT2D eigenvalue weighted by molar-refractivity contribution is 5.43. The molecule has 0 bridgehead atoms. The van der Waals surface area contributed by atoms with Gasteiger partial charge in [-0.3, -0.25) is 0 Å². The second kappa shape index (κ2) is 8.00. The number of benzene rings is 2. The van der Waals surface area contributed by atoms with Crippen LogP contribution in [0.5, 0.6) is 5.75 Å². The first-order valence-corrected chi connectivity index (χ1v) is 7.91. The standard InChI is InChI=1S/C20H26O2/c1-15-13-19(18(4)17(3)16(15)2)14-21-11-8-12-22-20-9-6-5-7-10-20/h5-7,9-10,13H,8,11-12,14H2,1-4H3. The fourth-order valence-corrected chi connectivity index (χ4v) is 2.50. The van der Waals surface area contributed by atoms with E-state index in [1.165, 1.54) is 27.8 Å². The fourth-order valence-electron chi connectivity index (χ4n) is 2.50. The summed E-state index contributed by atoms with van der Waals surface area (Å²) in [6.45, 7) is 10.8. The van der Waals surface area contributed by atoms with Crippen LogP contribution in [-0.2, 0) is 11.3 Å². The third-order valence-corrected chi connectivity index (χ3v) is 4.29. The largest absolute Gasteiger partial charge is 0.494 e. The van der Waals surface area contributed by atoms with Gasteiger partial charge in [0.05, 0.1) is 19.8 Å². The lowest BCUT2D eigenvalue weighted by Crippen LogP contribution is -2.05. The predicted molar refractivity (Wildman–Crippen MR) is 91.6 cm³/mol. The van der Waals surface area contributed by atoms with E-state index in [-0.39, 0.29) is 0 Å². The van der Waals surface area contributed by atoms with E-state index in [4.69, 9.17) is 9.47 Å². The second-order valence-electron chi connectivity index (χ2n) is 5.80. The molecule has 0 N–H and O–H groups in total. The van der Waals surface area contributed by atoms with E-state index in [1.54, 1.807) is 0 Å². The molecule has 0 heterocycles. The van der Waals surface area contributed by atoms with Gasteiger partial charge >= 0.3 is 0 Å². The maximum absolute atomic E-state index is 5.81. The van der Waals surface area contributed by atoms with Crippen LogP contribution in [0.25, 0.3) is 0 Å². The molecule has 0 atom stereocenters. The smallest absolute Gasteiger partial charge is 0.119 e. The molecule has 2 aromatic carbocycles. The van der Waals surface area contributed by atoms with Crippen LogP contribution in [0.1, 0.15) is 34.2 Å². The van der Waals surface area contributed by atoms with E-state index in [0.29, 0.717) is 13.2 Å². The Kier molecular flexibility index (Phi) is 6.02. The van der Waals surface area contributed by atoms with Gasteiger partial charge in [-0.2, -0.15) is 0 Å². The molecule has 118 valence electrons. The lowest BCUT2D eigenvalue weighted by Gasteiger charge is -2.14. The Bertz CT molecular complexity index is 603. The zero-order chi connectivity index (χ0) is 15.9. The van der Waals surface area contributed by atoms with Crippen molar-refractivity contribution in [1.29, 1.82) is 0 Å². The summed E-state index contributed by atoms with van der Waals surface area (Å²) in [4.78, 5) is 0. The molecule has 0 unspecified atom stereocenters. The van der Waals surface area contributed by atoms with Crippen molar-refractivity contribution in [3.63, 3.8) is 0 Å². The van der Waals surface area contributed by atoms with E-state index < -0.39 is 0 Å². The van der Waals surface area contributed by atoms with Gasteiger partial charge in [0.1, 0.15) is 5.75 Å². The van der Waals surface area contributed by atoms with Gasteiger partial charge < -0.3 is 9.47 Å². The van der Waals surface area contributed by atoms with Crippen LogP contribution >= 0.6 is 0 Å². The van der Waals surface area contributed by atoms with E-state index in [0.717, 1.165) is 18.8 Å². The maximum Gasteiger partial charge on any atom is 0.119 e. The molecule has 0 spiro atoms. The van der Waals surface area contributed by atoms with Crippen LogP contribution in [0.4, 0.5) is 0 Å². The summed E-state index contributed by atoms with van der Waals surface area (Å²) in [6.07, 6.45) is 0.901. The molecule has 0 fully saturated rings. The average molecular weight is 298 g/mol. The third-order valence-electron chi connectivity index (χ3n) is 4.29. The molecule has 0 aliphatic rings. The number of hydrogen-bond acceptors (Lipinski definition) is 2. The molecule has 0 saturated heterocycles. The Hall–Kier alpha value is -1.80. The van der Waals surface area contributed by atoms with Crippen molar-refractivity contribution < 1.29 is 9.47 Å². The van der Waals surface area contributed by atoms with Crippen molar-refractivity contribution in [2.75, 3.05) is 13.2 Å². The topological polar surface area (TPSA) is 18.5 Å². The summed E-state index contributed by atoms with van der Waals surface area (Å²) < 4.78 is 11.5. The monoisotopic (exact) mass is 298 g/mol. The van der Waals surface area contributed by atoms with Gasteiger partial charge in [-0.1, -0.05) is 24.3 Å². The van der Waals surface area contributed by atoms with Gasteiger partial charge in [-0.05, 0) is 67.6 Å². The third kappa shape index (κ3) is 4.35. The maximum atomic E-state index is 5.81. The summed E-state index contributed by atoms with van der Waals surface area (Å²) in [5.74, 6) is 0.920. The molecule has 0 aliphatic heterocycles. The number of aryl methyl sites for hydroxylation is 1. The zero-order valence-corrected chi connectivity index (χ0v) is 14.1. The molecule has 2 nitrogen and oxygen atoms in total. The average Bonchev–Trinajstić information content (AvgIpc) is 2.54. The van der Waals surface area contributed by atoms with Crippen molar-refractivity contribution in [3.8, 4) is 5.75 Å². The van der Waals surface area contributed by atoms with Crippen LogP contribution < -0.4 is 4.74 Å². The van der Waals surface area contributed by atoms with Crippen molar-refractivity contribution in [1.82, 2.24) is 0 Å². The van der Waals surface area contributed by atoms with E-state index in [2.05, 4.69) is 33.8 Å². The Morgan fingerprint density at radius 2 is 1.55 bits per heavy atom. The summed E-state index contributed by atoms with van der Waals surface area (Å²) in [6, 6.07) is 12.2. The number of para-hydroxylation sites is 1. The number of rotatable bonds is 7. The number of hydrogen-bond donors (Lipinski definition) is 0. The molecule has 0 aliphatic carbocycles. The van der Waals surface area contributed by atoms with Gasteiger partial charge in [0, 0.05) is 6.42 Å². The van der Waals surface area contributed by atoms with Gasteiger partial charge in [0.2, 0.25) is 0 Å². The summed E-state index contributed by atoms with van der Waals surface area (Å²) in [5.41, 5.74) is 6.76. The molecule has 2 rings (SSSR count).